The number of hydrogen-bond donors (Lipinski definition) is 2. The summed E-state index contributed by atoms with van der Waals surface area (Å²) in [6.45, 7) is 12.7. The average molecular weight is 743 g/mol. The van der Waals surface area contributed by atoms with E-state index >= 15 is 0 Å². The number of hydrogen-bond acceptors (Lipinski definition) is 6. The predicted molar refractivity (Wildman–Crippen MR) is 217 cm³/mol. The Morgan fingerprint density at radius 1 is 0.731 bits per heavy atom. The van der Waals surface area contributed by atoms with Crippen molar-refractivity contribution in [2.24, 2.45) is 0 Å². The Labute approximate surface area is 319 Å². The number of rotatable bonds is 5. The van der Waals surface area contributed by atoms with Gasteiger partial charge in [0.1, 0.15) is 22.9 Å². The fourth-order valence-electron chi connectivity index (χ4n) is 6.87. The lowest BCUT2D eigenvalue weighted by molar-refractivity contribution is 0.0208. The minimum Gasteiger partial charge on any atom is -0.444 e. The molecule has 4 heterocycles. The van der Waals surface area contributed by atoms with Gasteiger partial charge in [0.05, 0.1) is 35.0 Å². The number of carbonyl (C=O) groups excluding carboxylic acids is 2. The monoisotopic (exact) mass is 742 g/mol. The highest BCUT2D eigenvalue weighted by Crippen LogP contribution is 2.35. The molecule has 10 nitrogen and oxygen atoms in total. The van der Waals surface area contributed by atoms with Gasteiger partial charge in [-0.2, -0.15) is 27.0 Å². The summed E-state index contributed by atoms with van der Waals surface area (Å²) >= 11 is 0. The second-order valence-electron chi connectivity index (χ2n) is 15.4. The zero-order valence-corrected chi connectivity index (χ0v) is 32.7. The maximum Gasteiger partial charge on any atom is 0.410 e. The van der Waals surface area contributed by atoms with Gasteiger partial charge in [-0.3, -0.25) is 9.80 Å². The summed E-state index contributed by atoms with van der Waals surface area (Å²) in [5.74, 6) is 1.58. The Morgan fingerprint density at radius 3 is 1.92 bits per heavy atom. The number of H-pyrrole nitrogens is 2. The summed E-state index contributed by atoms with van der Waals surface area (Å²) in [4.78, 5) is 45.7. The number of amides is 2. The third kappa shape index (κ3) is 8.61. The van der Waals surface area contributed by atoms with Crippen molar-refractivity contribution in [1.82, 2.24) is 29.7 Å². The topological polar surface area (TPSA) is 116 Å². The van der Waals surface area contributed by atoms with E-state index in [9.17, 15) is 9.59 Å². The molecule has 0 radical (unpaired) electrons. The van der Waals surface area contributed by atoms with Gasteiger partial charge in [0.25, 0.3) is 0 Å². The fourth-order valence-corrected chi connectivity index (χ4v) is 6.87. The van der Waals surface area contributed by atoms with Crippen LogP contribution in [0.5, 0.6) is 0 Å². The molecule has 0 bridgehead atoms. The van der Waals surface area contributed by atoms with E-state index in [1.165, 1.54) is 0 Å². The van der Waals surface area contributed by atoms with Crippen LogP contribution in [-0.2, 0) is 9.47 Å². The smallest absolute Gasteiger partial charge is 0.410 e. The Hall–Kier alpha value is -4.42. The molecule has 52 heavy (non-hydrogen) atoms. The Morgan fingerprint density at radius 2 is 1.29 bits per heavy atom. The van der Waals surface area contributed by atoms with Gasteiger partial charge < -0.3 is 19.4 Å². The second-order valence-corrected chi connectivity index (χ2v) is 15.4. The van der Waals surface area contributed by atoms with Gasteiger partial charge in [-0.15, -0.1) is 0 Å². The van der Waals surface area contributed by atoms with Crippen molar-refractivity contribution >= 4 is 73.1 Å². The van der Waals surface area contributed by atoms with E-state index in [2.05, 4.69) is 75.6 Å². The number of benzene rings is 3. The summed E-state index contributed by atoms with van der Waals surface area (Å²) in [6, 6.07) is 18.8. The first-order chi connectivity index (χ1) is 23.8. The predicted octanol–water partition coefficient (Wildman–Crippen LogP) is 9.65. The highest BCUT2D eigenvalue weighted by molar-refractivity contribution is 7.59. The zero-order chi connectivity index (χ0) is 35.2. The summed E-state index contributed by atoms with van der Waals surface area (Å²) in [6.07, 6.45) is 9.03. The van der Waals surface area contributed by atoms with Crippen molar-refractivity contribution in [1.29, 1.82) is 0 Å². The molecular formula is C40H50N6O4S2. The SMILES string of the molecule is CC(C)(C)OC(=O)N1CCC[C@H]1c1ncc(-c2ccc3cc(/C=C/c4ccc5nc([C@@H]6CCCN6C(=O)OC(C)(C)C)[nH]c5c4)ccc3c2)[nH]1.S.S. The van der Waals surface area contributed by atoms with Crippen LogP contribution in [0, 0.1) is 0 Å². The van der Waals surface area contributed by atoms with E-state index < -0.39 is 11.2 Å². The number of aromatic nitrogens is 4. The lowest BCUT2D eigenvalue weighted by Crippen LogP contribution is -2.36. The van der Waals surface area contributed by atoms with Gasteiger partial charge in [-0.05, 0) is 113 Å². The van der Waals surface area contributed by atoms with E-state index in [1.54, 1.807) is 9.80 Å². The highest BCUT2D eigenvalue weighted by atomic mass is 32.1. The van der Waals surface area contributed by atoms with Crippen molar-refractivity contribution in [2.75, 3.05) is 13.1 Å². The van der Waals surface area contributed by atoms with E-state index in [0.29, 0.717) is 13.1 Å². The molecule has 5 aromatic rings. The molecule has 0 unspecified atom stereocenters. The molecule has 0 aliphatic carbocycles. The van der Waals surface area contributed by atoms with Crippen LogP contribution in [-0.4, -0.2) is 66.2 Å². The molecular weight excluding hydrogens is 693 g/mol. The van der Waals surface area contributed by atoms with Crippen molar-refractivity contribution in [3.63, 3.8) is 0 Å². The summed E-state index contributed by atoms with van der Waals surface area (Å²) in [7, 11) is 0. The Kier molecular flexibility index (Phi) is 11.4. The first kappa shape index (κ1) is 38.8. The maximum absolute atomic E-state index is 12.8. The van der Waals surface area contributed by atoms with E-state index in [4.69, 9.17) is 14.5 Å². The summed E-state index contributed by atoms with van der Waals surface area (Å²) < 4.78 is 11.3. The van der Waals surface area contributed by atoms with Crippen molar-refractivity contribution < 1.29 is 19.1 Å². The largest absolute Gasteiger partial charge is 0.444 e. The van der Waals surface area contributed by atoms with Gasteiger partial charge in [-0.1, -0.05) is 42.5 Å². The molecule has 0 saturated carbocycles. The van der Waals surface area contributed by atoms with Crippen molar-refractivity contribution in [3.8, 4) is 11.3 Å². The zero-order valence-electron chi connectivity index (χ0n) is 30.7. The molecule has 2 N–H and O–H groups in total. The minimum absolute atomic E-state index is 0. The molecule has 2 atom stereocenters. The third-order valence-corrected chi connectivity index (χ3v) is 9.16. The highest BCUT2D eigenvalue weighted by Gasteiger charge is 2.36. The van der Waals surface area contributed by atoms with Crippen LogP contribution in [0.2, 0.25) is 0 Å². The molecule has 2 amide bonds. The molecule has 3 aromatic carbocycles. The van der Waals surface area contributed by atoms with E-state index in [-0.39, 0.29) is 51.3 Å². The Bertz CT molecular complexity index is 2090. The number of likely N-dealkylation sites (tertiary alicyclic amines) is 2. The van der Waals surface area contributed by atoms with Crippen molar-refractivity contribution in [3.05, 3.63) is 83.6 Å². The van der Waals surface area contributed by atoms with Crippen LogP contribution < -0.4 is 0 Å². The number of fused-ring (bicyclic) bond motifs is 2. The Balaban J connectivity index is 0.00000261. The number of ether oxygens (including phenoxy) is 2. The number of carbonyl (C=O) groups is 2. The van der Waals surface area contributed by atoms with Gasteiger partial charge in [0.2, 0.25) is 0 Å². The number of nitrogens with one attached hydrogen (secondary N) is 2. The molecule has 12 heteroatoms. The summed E-state index contributed by atoms with van der Waals surface area (Å²) in [5.41, 5.74) is 4.86. The minimum atomic E-state index is -0.539. The number of nitrogens with zero attached hydrogens (tertiary/aromatic N) is 4. The fraction of sp³-hybridized carbons (Fsp3) is 0.400. The number of imidazole rings is 2. The lowest BCUT2D eigenvalue weighted by Gasteiger charge is -2.27. The van der Waals surface area contributed by atoms with Crippen LogP contribution in [0.25, 0.3) is 45.2 Å². The van der Waals surface area contributed by atoms with Crippen LogP contribution >= 0.6 is 27.0 Å². The molecule has 2 fully saturated rings. The van der Waals surface area contributed by atoms with Crippen LogP contribution in [0.3, 0.4) is 0 Å². The first-order valence-corrected chi connectivity index (χ1v) is 17.6. The standard InChI is InChI=1S/C40H46N6O4.2H2S/c1-39(2,3)49-37(47)45-19-7-9-33(45)35-41-24-32(44-35)29-17-16-27-21-25(13-15-28(27)23-29)11-12-26-14-18-30-31(22-26)43-36(42-30)34-10-8-20-46(34)38(48)50-40(4,5)6;;/h11-18,21-24,33-34H,7-10,19-20H2,1-6H3,(H,41,44)(H,42,43);2*1H2/b12-11+;;/t33-,34-;;/m0../s1. The second kappa shape index (κ2) is 15.3. The average Bonchev–Trinajstić information content (AvgIpc) is 3.87. The molecule has 2 aliphatic rings. The van der Waals surface area contributed by atoms with Crippen LogP contribution in [0.4, 0.5) is 9.59 Å². The van der Waals surface area contributed by atoms with Crippen molar-refractivity contribution in [2.45, 2.75) is 90.5 Å². The normalized spacial score (nSPS) is 17.8. The van der Waals surface area contributed by atoms with Gasteiger partial charge in [0, 0.05) is 18.7 Å². The van der Waals surface area contributed by atoms with Gasteiger partial charge in [0.15, 0.2) is 0 Å². The van der Waals surface area contributed by atoms with Crippen LogP contribution in [0.15, 0.2) is 60.8 Å². The first-order valence-electron chi connectivity index (χ1n) is 17.6. The maximum atomic E-state index is 12.8. The quantitative estimate of drug-likeness (QED) is 0.173. The number of aromatic amines is 2. The summed E-state index contributed by atoms with van der Waals surface area (Å²) in [5, 5.41) is 2.27. The molecule has 0 spiro atoms. The molecule has 2 aliphatic heterocycles. The van der Waals surface area contributed by atoms with Gasteiger partial charge in [-0.25, -0.2) is 19.6 Å². The van der Waals surface area contributed by atoms with E-state index in [0.717, 1.165) is 81.5 Å². The molecule has 7 rings (SSSR count). The third-order valence-electron chi connectivity index (χ3n) is 9.16. The van der Waals surface area contributed by atoms with Gasteiger partial charge >= 0.3 is 12.2 Å². The molecule has 276 valence electrons. The molecule has 2 aromatic heterocycles. The van der Waals surface area contributed by atoms with E-state index in [1.807, 2.05) is 53.8 Å². The molecule has 2 saturated heterocycles. The lowest BCUT2D eigenvalue weighted by atomic mass is 10.0. The van der Waals surface area contributed by atoms with Crippen LogP contribution in [0.1, 0.15) is 102 Å².